The number of carboxylic acid groups (broad SMARTS) is 1. The van der Waals surface area contributed by atoms with E-state index in [-0.39, 0.29) is 16.8 Å². The molecule has 5 nitrogen and oxygen atoms in total. The Bertz CT molecular complexity index is 688. The molecule has 1 saturated carbocycles. The Morgan fingerprint density at radius 2 is 2.10 bits per heavy atom. The predicted octanol–water partition coefficient (Wildman–Crippen LogP) is 3.09. The van der Waals surface area contributed by atoms with Crippen molar-refractivity contribution in [2.24, 2.45) is 5.92 Å². The van der Waals surface area contributed by atoms with E-state index in [1.165, 1.54) is 6.07 Å². The second-order valence-electron chi connectivity index (χ2n) is 5.08. The quantitative estimate of drug-likeness (QED) is 0.886. The largest absolute Gasteiger partial charge is 0.477 e. The first-order chi connectivity index (χ1) is 10.0. The summed E-state index contributed by atoms with van der Waals surface area (Å²) >= 11 is 2.55. The van der Waals surface area contributed by atoms with Crippen molar-refractivity contribution in [2.75, 3.05) is 0 Å². The molecule has 1 unspecified atom stereocenters. The number of carbonyl (C=O) groups is 2. The monoisotopic (exact) mass is 322 g/mol. The first kappa shape index (κ1) is 14.2. The summed E-state index contributed by atoms with van der Waals surface area (Å²) in [6.45, 7) is 1.93. The van der Waals surface area contributed by atoms with Crippen LogP contribution >= 0.6 is 22.7 Å². The minimum Gasteiger partial charge on any atom is -0.477 e. The van der Waals surface area contributed by atoms with E-state index >= 15 is 0 Å². The highest BCUT2D eigenvalue weighted by molar-refractivity contribution is 7.15. The van der Waals surface area contributed by atoms with Crippen molar-refractivity contribution in [3.05, 3.63) is 38.0 Å². The number of carboxylic acids is 1. The zero-order valence-electron chi connectivity index (χ0n) is 11.3. The molecule has 0 aliphatic heterocycles. The molecule has 1 aliphatic rings. The van der Waals surface area contributed by atoms with E-state index < -0.39 is 5.97 Å². The number of amides is 1. The smallest absolute Gasteiger partial charge is 0.345 e. The van der Waals surface area contributed by atoms with Gasteiger partial charge in [0.05, 0.1) is 10.9 Å². The minimum atomic E-state index is -1.01. The number of nitrogens with one attached hydrogen (secondary N) is 1. The fourth-order valence-electron chi connectivity index (χ4n) is 2.11. The van der Waals surface area contributed by atoms with Gasteiger partial charge < -0.3 is 10.4 Å². The summed E-state index contributed by atoms with van der Waals surface area (Å²) in [5, 5.41) is 14.8. The summed E-state index contributed by atoms with van der Waals surface area (Å²) in [6, 6.07) is 2.95. The number of nitrogens with zero attached hydrogens (tertiary/aromatic N) is 1. The van der Waals surface area contributed by atoms with Gasteiger partial charge in [0.2, 0.25) is 0 Å². The van der Waals surface area contributed by atoms with Gasteiger partial charge in [0.1, 0.15) is 9.88 Å². The molecule has 1 aliphatic carbocycles. The van der Waals surface area contributed by atoms with Crippen LogP contribution in [0.5, 0.6) is 0 Å². The van der Waals surface area contributed by atoms with E-state index in [0.29, 0.717) is 10.8 Å². The number of carbonyl (C=O) groups excluding carboxylic acids is 1. The third-order valence-corrected chi connectivity index (χ3v) is 5.44. The maximum absolute atomic E-state index is 12.3. The molecule has 0 bridgehead atoms. The molecule has 21 heavy (non-hydrogen) atoms. The molecule has 2 N–H and O–H groups in total. The lowest BCUT2D eigenvalue weighted by molar-refractivity contribution is 0.0702. The van der Waals surface area contributed by atoms with Gasteiger partial charge in [0.25, 0.3) is 5.91 Å². The van der Waals surface area contributed by atoms with Crippen LogP contribution in [0, 0.1) is 12.8 Å². The standard InChI is InChI=1S/C14H14N2O3S2/c1-7-6-20-13(15-7)11(8-2-3-8)16-12(17)9-4-5-10(21-9)14(18)19/h4-6,8,11H,2-3H2,1H3,(H,16,17)(H,18,19). The molecule has 2 aromatic rings. The lowest BCUT2D eigenvalue weighted by atomic mass is 10.2. The van der Waals surface area contributed by atoms with Crippen molar-refractivity contribution < 1.29 is 14.7 Å². The van der Waals surface area contributed by atoms with Crippen LogP contribution in [0.15, 0.2) is 17.5 Å². The zero-order valence-corrected chi connectivity index (χ0v) is 13.0. The van der Waals surface area contributed by atoms with Gasteiger partial charge in [-0.25, -0.2) is 9.78 Å². The van der Waals surface area contributed by atoms with E-state index in [2.05, 4.69) is 10.3 Å². The van der Waals surface area contributed by atoms with Gasteiger partial charge in [0, 0.05) is 11.1 Å². The highest BCUT2D eigenvalue weighted by Crippen LogP contribution is 2.42. The topological polar surface area (TPSA) is 79.3 Å². The summed E-state index contributed by atoms with van der Waals surface area (Å²) in [7, 11) is 0. The van der Waals surface area contributed by atoms with E-state index in [1.54, 1.807) is 17.4 Å². The third-order valence-electron chi connectivity index (χ3n) is 3.32. The number of thiazole rings is 1. The van der Waals surface area contributed by atoms with Crippen LogP contribution in [0.4, 0.5) is 0 Å². The molecule has 1 fully saturated rings. The molecule has 2 heterocycles. The van der Waals surface area contributed by atoms with Gasteiger partial charge in [-0.2, -0.15) is 0 Å². The minimum absolute atomic E-state index is 0.0634. The summed E-state index contributed by atoms with van der Waals surface area (Å²) in [5.41, 5.74) is 0.958. The highest BCUT2D eigenvalue weighted by Gasteiger charge is 2.35. The first-order valence-electron chi connectivity index (χ1n) is 6.60. The maximum atomic E-state index is 12.3. The van der Waals surface area contributed by atoms with Crippen LogP contribution < -0.4 is 5.32 Å². The number of aromatic nitrogens is 1. The zero-order chi connectivity index (χ0) is 15.0. The van der Waals surface area contributed by atoms with Crippen molar-refractivity contribution >= 4 is 34.6 Å². The van der Waals surface area contributed by atoms with Crippen molar-refractivity contribution in [2.45, 2.75) is 25.8 Å². The molecule has 0 saturated heterocycles. The Labute approximate surface area is 129 Å². The van der Waals surface area contributed by atoms with Gasteiger partial charge in [-0.15, -0.1) is 22.7 Å². The molecule has 3 rings (SSSR count). The average Bonchev–Trinajstić information content (AvgIpc) is 2.98. The molecule has 7 heteroatoms. The number of hydrogen-bond donors (Lipinski definition) is 2. The van der Waals surface area contributed by atoms with Gasteiger partial charge in [-0.1, -0.05) is 0 Å². The van der Waals surface area contributed by atoms with Crippen molar-refractivity contribution in [3.8, 4) is 0 Å². The summed E-state index contributed by atoms with van der Waals surface area (Å²) < 4.78 is 0. The van der Waals surface area contributed by atoms with E-state index in [0.717, 1.165) is 34.9 Å². The molecule has 1 atom stereocenters. The van der Waals surface area contributed by atoms with E-state index in [1.807, 2.05) is 12.3 Å². The summed E-state index contributed by atoms with van der Waals surface area (Å²) in [5.74, 6) is -0.788. The van der Waals surface area contributed by atoms with Crippen LogP contribution in [0.25, 0.3) is 0 Å². The lowest BCUT2D eigenvalue weighted by Crippen LogP contribution is -2.29. The Hall–Kier alpha value is -1.73. The van der Waals surface area contributed by atoms with Gasteiger partial charge in [-0.3, -0.25) is 4.79 Å². The van der Waals surface area contributed by atoms with Crippen LogP contribution in [-0.4, -0.2) is 22.0 Å². The fourth-order valence-corrected chi connectivity index (χ4v) is 3.80. The molecular formula is C14H14N2O3S2. The molecule has 0 spiro atoms. The summed E-state index contributed by atoms with van der Waals surface area (Å²) in [6.07, 6.45) is 2.18. The predicted molar refractivity (Wildman–Crippen MR) is 81.1 cm³/mol. The molecule has 110 valence electrons. The molecular weight excluding hydrogens is 308 g/mol. The number of thiophene rings is 1. The first-order valence-corrected chi connectivity index (χ1v) is 8.30. The second-order valence-corrected chi connectivity index (χ2v) is 7.06. The Morgan fingerprint density at radius 1 is 1.38 bits per heavy atom. The van der Waals surface area contributed by atoms with Crippen molar-refractivity contribution in [1.82, 2.24) is 10.3 Å². The van der Waals surface area contributed by atoms with Crippen LogP contribution in [0.1, 0.15) is 48.9 Å². The van der Waals surface area contributed by atoms with Crippen molar-refractivity contribution in [3.63, 3.8) is 0 Å². The number of hydrogen-bond acceptors (Lipinski definition) is 5. The van der Waals surface area contributed by atoms with Gasteiger partial charge in [-0.05, 0) is 37.8 Å². The maximum Gasteiger partial charge on any atom is 0.345 e. The Balaban J connectivity index is 1.76. The second kappa shape index (κ2) is 5.57. The normalized spacial score (nSPS) is 15.7. The average molecular weight is 322 g/mol. The van der Waals surface area contributed by atoms with Crippen LogP contribution in [-0.2, 0) is 0 Å². The Morgan fingerprint density at radius 3 is 2.62 bits per heavy atom. The lowest BCUT2D eigenvalue weighted by Gasteiger charge is -2.15. The third kappa shape index (κ3) is 3.14. The van der Waals surface area contributed by atoms with Crippen molar-refractivity contribution in [1.29, 1.82) is 0 Å². The number of rotatable bonds is 5. The van der Waals surface area contributed by atoms with Crippen LogP contribution in [0.3, 0.4) is 0 Å². The number of aromatic carboxylic acids is 1. The van der Waals surface area contributed by atoms with E-state index in [4.69, 9.17) is 5.11 Å². The van der Waals surface area contributed by atoms with Crippen LogP contribution in [0.2, 0.25) is 0 Å². The number of aryl methyl sites for hydroxylation is 1. The Kier molecular flexibility index (Phi) is 3.77. The molecule has 0 radical (unpaired) electrons. The molecule has 1 amide bonds. The molecule has 2 aromatic heterocycles. The summed E-state index contributed by atoms with van der Waals surface area (Å²) in [4.78, 5) is 28.2. The van der Waals surface area contributed by atoms with Gasteiger partial charge in [0.15, 0.2) is 0 Å². The SMILES string of the molecule is Cc1csc(C(NC(=O)c2ccc(C(=O)O)s2)C2CC2)n1. The highest BCUT2D eigenvalue weighted by atomic mass is 32.1. The molecule has 0 aromatic carbocycles. The van der Waals surface area contributed by atoms with Gasteiger partial charge >= 0.3 is 5.97 Å². The fraction of sp³-hybridized carbons (Fsp3) is 0.357. The van der Waals surface area contributed by atoms with E-state index in [9.17, 15) is 9.59 Å².